The predicted octanol–water partition coefficient (Wildman–Crippen LogP) is 4.78. The van der Waals surface area contributed by atoms with Crippen LogP contribution in [0.3, 0.4) is 0 Å². The van der Waals surface area contributed by atoms with Gasteiger partial charge in [0.15, 0.2) is 0 Å². The highest BCUT2D eigenvalue weighted by atomic mass is 16.5. The van der Waals surface area contributed by atoms with Gasteiger partial charge in [-0.15, -0.1) is 0 Å². The fourth-order valence-electron chi connectivity index (χ4n) is 4.82. The van der Waals surface area contributed by atoms with Gasteiger partial charge in [-0.25, -0.2) is 9.69 Å². The second-order valence-electron chi connectivity index (χ2n) is 9.63. The highest BCUT2D eigenvalue weighted by Crippen LogP contribution is 2.43. The molecule has 0 saturated carbocycles. The summed E-state index contributed by atoms with van der Waals surface area (Å²) in [6.07, 6.45) is 2.58. The molecule has 1 fully saturated rings. The van der Waals surface area contributed by atoms with Gasteiger partial charge in [0, 0.05) is 24.3 Å². The Kier molecular flexibility index (Phi) is 5.98. The summed E-state index contributed by atoms with van der Waals surface area (Å²) in [6, 6.07) is 10.1. The third-order valence-corrected chi connectivity index (χ3v) is 6.81. The van der Waals surface area contributed by atoms with Gasteiger partial charge in [0.05, 0.1) is 12.3 Å². The van der Waals surface area contributed by atoms with Gasteiger partial charge in [-0.1, -0.05) is 13.0 Å². The number of anilines is 2. The Morgan fingerprint density at radius 3 is 2.62 bits per heavy atom. The third-order valence-electron chi connectivity index (χ3n) is 6.81. The Balaban J connectivity index is 1.75. The summed E-state index contributed by atoms with van der Waals surface area (Å²) in [4.78, 5) is 41.9. The predicted molar refractivity (Wildman–Crippen MR) is 133 cm³/mol. The van der Waals surface area contributed by atoms with E-state index in [1.165, 1.54) is 5.56 Å². The summed E-state index contributed by atoms with van der Waals surface area (Å²) >= 11 is 0. The van der Waals surface area contributed by atoms with Crippen molar-refractivity contribution in [3.8, 4) is 5.75 Å². The summed E-state index contributed by atoms with van der Waals surface area (Å²) in [5, 5.41) is 2.30. The van der Waals surface area contributed by atoms with Gasteiger partial charge in [0.2, 0.25) is 0 Å². The van der Waals surface area contributed by atoms with E-state index in [0.717, 1.165) is 28.1 Å². The molecule has 1 unspecified atom stereocenters. The molecule has 1 saturated heterocycles. The highest BCUT2D eigenvalue weighted by molar-refractivity contribution is 6.39. The van der Waals surface area contributed by atoms with Crippen LogP contribution in [0, 0.1) is 6.92 Å². The Labute approximate surface area is 200 Å². The van der Waals surface area contributed by atoms with Gasteiger partial charge < -0.3 is 9.64 Å². The van der Waals surface area contributed by atoms with Crippen molar-refractivity contribution in [3.63, 3.8) is 0 Å². The molecule has 7 heteroatoms. The molecule has 1 N–H and O–H groups in total. The number of urea groups is 1. The molecule has 2 aromatic rings. The second kappa shape index (κ2) is 8.63. The average molecular weight is 462 g/mol. The lowest BCUT2D eigenvalue weighted by atomic mass is 9.79. The molecule has 0 aromatic heterocycles. The Morgan fingerprint density at radius 2 is 1.91 bits per heavy atom. The number of carbonyl (C=O) groups excluding carboxylic acids is 3. The zero-order valence-electron chi connectivity index (χ0n) is 20.6. The van der Waals surface area contributed by atoms with Crippen molar-refractivity contribution in [2.24, 2.45) is 0 Å². The maximum absolute atomic E-state index is 13.3. The Hall–Kier alpha value is -3.61. The molecule has 0 radical (unpaired) electrons. The molecule has 2 aromatic carbocycles. The van der Waals surface area contributed by atoms with E-state index in [2.05, 4.69) is 50.2 Å². The lowest BCUT2D eigenvalue weighted by molar-refractivity contribution is -0.122. The van der Waals surface area contributed by atoms with Crippen LogP contribution in [0.5, 0.6) is 5.75 Å². The van der Waals surface area contributed by atoms with Crippen molar-refractivity contribution >= 4 is 35.3 Å². The number of aryl methyl sites for hydroxylation is 1. The number of rotatable bonds is 4. The number of hydrogen-bond donors (Lipinski definition) is 1. The van der Waals surface area contributed by atoms with E-state index in [-0.39, 0.29) is 11.1 Å². The first-order chi connectivity index (χ1) is 16.0. The average Bonchev–Trinajstić information content (AvgIpc) is 2.76. The Morgan fingerprint density at radius 1 is 1.18 bits per heavy atom. The number of nitrogens with one attached hydrogen (secondary N) is 1. The molecule has 1 atom stereocenters. The number of imide groups is 2. The Bertz CT molecular complexity index is 1210. The fraction of sp³-hybridized carbons (Fsp3) is 0.370. The second-order valence-corrected chi connectivity index (χ2v) is 9.63. The van der Waals surface area contributed by atoms with Crippen molar-refractivity contribution in [1.29, 1.82) is 0 Å². The number of nitrogens with zero attached hydrogens (tertiary/aromatic N) is 2. The van der Waals surface area contributed by atoms with Crippen molar-refractivity contribution in [3.05, 3.63) is 58.7 Å². The molecule has 178 valence electrons. The fourth-order valence-corrected chi connectivity index (χ4v) is 4.82. The number of fused-ring (bicyclic) bond motifs is 1. The van der Waals surface area contributed by atoms with Crippen LogP contribution in [0.15, 0.2) is 42.0 Å². The molecule has 4 amide bonds. The minimum Gasteiger partial charge on any atom is -0.494 e. The minimum absolute atomic E-state index is 0.0367. The van der Waals surface area contributed by atoms with Crippen molar-refractivity contribution < 1.29 is 19.1 Å². The number of ether oxygens (including phenoxy) is 1. The van der Waals surface area contributed by atoms with Crippen LogP contribution in [-0.2, 0) is 9.59 Å². The largest absolute Gasteiger partial charge is 0.494 e. The van der Waals surface area contributed by atoms with Crippen LogP contribution in [0.1, 0.15) is 56.7 Å². The summed E-state index contributed by atoms with van der Waals surface area (Å²) in [5.41, 5.74) is 4.37. The number of amides is 4. The first-order valence-corrected chi connectivity index (χ1v) is 11.6. The summed E-state index contributed by atoms with van der Waals surface area (Å²) in [5.74, 6) is -0.495. The van der Waals surface area contributed by atoms with Crippen LogP contribution in [0.2, 0.25) is 0 Å². The first kappa shape index (κ1) is 23.5. The van der Waals surface area contributed by atoms with Gasteiger partial charge in [0.1, 0.15) is 11.3 Å². The van der Waals surface area contributed by atoms with Gasteiger partial charge >= 0.3 is 6.03 Å². The lowest BCUT2D eigenvalue weighted by Crippen LogP contribution is -2.54. The molecule has 7 nitrogen and oxygen atoms in total. The lowest BCUT2D eigenvalue weighted by Gasteiger charge is -2.45. The molecule has 2 aliphatic rings. The number of benzene rings is 2. The van der Waals surface area contributed by atoms with E-state index < -0.39 is 17.8 Å². The van der Waals surface area contributed by atoms with Crippen molar-refractivity contribution in [2.45, 2.75) is 52.5 Å². The van der Waals surface area contributed by atoms with Gasteiger partial charge in [0.25, 0.3) is 11.8 Å². The van der Waals surface area contributed by atoms with E-state index in [1.807, 2.05) is 13.8 Å². The van der Waals surface area contributed by atoms with E-state index >= 15 is 0 Å². The molecule has 2 heterocycles. The van der Waals surface area contributed by atoms with Crippen LogP contribution in [0.4, 0.5) is 16.2 Å². The van der Waals surface area contributed by atoms with Crippen LogP contribution >= 0.6 is 0 Å². The SMILES string of the molecule is CCOc1cccc(N2C(=O)NC(=O)/C(=C\c3cc4c(cc3C)N(C)C(C)(C)CC4C)C2=O)c1. The number of barbiturate groups is 1. The molecular weight excluding hydrogens is 430 g/mol. The highest BCUT2D eigenvalue weighted by Gasteiger charge is 2.38. The van der Waals surface area contributed by atoms with Crippen molar-refractivity contribution in [2.75, 3.05) is 23.5 Å². The molecule has 0 spiro atoms. The van der Waals surface area contributed by atoms with E-state index in [1.54, 1.807) is 30.3 Å². The van der Waals surface area contributed by atoms with E-state index in [9.17, 15) is 14.4 Å². The van der Waals surface area contributed by atoms with Crippen LogP contribution < -0.4 is 19.9 Å². The van der Waals surface area contributed by atoms with E-state index in [4.69, 9.17) is 4.74 Å². The van der Waals surface area contributed by atoms with Crippen molar-refractivity contribution in [1.82, 2.24) is 5.32 Å². The first-order valence-electron chi connectivity index (χ1n) is 11.6. The smallest absolute Gasteiger partial charge is 0.335 e. The molecule has 4 rings (SSSR count). The van der Waals surface area contributed by atoms with Gasteiger partial charge in [-0.05, 0) is 87.1 Å². The zero-order valence-corrected chi connectivity index (χ0v) is 20.6. The topological polar surface area (TPSA) is 79.0 Å². The van der Waals surface area contributed by atoms with Crippen LogP contribution in [0.25, 0.3) is 6.08 Å². The minimum atomic E-state index is -0.777. The molecule has 2 aliphatic heterocycles. The normalized spacial score (nSPS) is 20.9. The zero-order chi connectivity index (χ0) is 24.8. The quantitative estimate of drug-likeness (QED) is 0.524. The van der Waals surface area contributed by atoms with Crippen LogP contribution in [-0.4, -0.2) is 37.0 Å². The standard InChI is InChI=1S/C27H31N3O4/c1-7-34-20-10-8-9-19(14-20)30-25(32)22(24(31)28-26(30)33)13-18-12-21-17(3)15-27(4,5)29(6)23(21)11-16(18)2/h8-14,17H,7,15H2,1-6H3,(H,28,31,33)/b22-13+. The van der Waals surface area contributed by atoms with Gasteiger partial charge in [-0.2, -0.15) is 0 Å². The molecule has 0 bridgehead atoms. The molecular formula is C27H31N3O4. The molecule has 0 aliphatic carbocycles. The maximum Gasteiger partial charge on any atom is 0.335 e. The van der Waals surface area contributed by atoms with E-state index in [0.29, 0.717) is 24.0 Å². The summed E-state index contributed by atoms with van der Waals surface area (Å²) in [7, 11) is 2.10. The number of hydrogen-bond acceptors (Lipinski definition) is 5. The third kappa shape index (κ3) is 4.06. The number of carbonyl (C=O) groups is 3. The maximum atomic E-state index is 13.3. The molecule has 34 heavy (non-hydrogen) atoms. The van der Waals surface area contributed by atoms with Gasteiger partial charge in [-0.3, -0.25) is 14.9 Å². The summed E-state index contributed by atoms with van der Waals surface area (Å²) in [6.45, 7) is 10.9. The summed E-state index contributed by atoms with van der Waals surface area (Å²) < 4.78 is 5.50. The monoisotopic (exact) mass is 461 g/mol.